The van der Waals surface area contributed by atoms with Crippen molar-refractivity contribution in [2.75, 3.05) is 62.4 Å². The van der Waals surface area contributed by atoms with Crippen LogP contribution in [0.1, 0.15) is 13.3 Å². The number of quaternary nitrogens is 1. The Labute approximate surface area is 188 Å². The number of likely N-dealkylation sites (N-methyl/N-ethyl adjacent to an activating group) is 2. The Hall–Kier alpha value is -0.810. The van der Waals surface area contributed by atoms with E-state index in [2.05, 4.69) is 24.3 Å². The van der Waals surface area contributed by atoms with Crippen molar-refractivity contribution in [3.63, 3.8) is 0 Å². The van der Waals surface area contributed by atoms with E-state index in [1.54, 1.807) is 0 Å². The molecule has 0 aromatic heterocycles. The fourth-order valence-electron chi connectivity index (χ4n) is 3.11. The number of carbonyl (C=O) groups is 1. The van der Waals surface area contributed by atoms with E-state index in [9.17, 15) is 18.4 Å². The van der Waals surface area contributed by atoms with E-state index in [1.165, 1.54) is 19.1 Å². The van der Waals surface area contributed by atoms with Crippen LogP contribution in [0.15, 0.2) is 12.1 Å². The first-order valence-corrected chi connectivity index (χ1v) is 11.3. The number of hydrogen-bond donors (Lipinski definition) is 2. The molecule has 0 atom stereocenters. The monoisotopic (exact) mass is 488 g/mol. The van der Waals surface area contributed by atoms with Gasteiger partial charge in [-0.3, -0.25) is 14.9 Å². The van der Waals surface area contributed by atoms with Gasteiger partial charge in [-0.05, 0) is 19.2 Å². The summed E-state index contributed by atoms with van der Waals surface area (Å²) in [6.45, 7) is 5.90. The Balaban J connectivity index is 0.00000420. The number of sulfonamides is 1. The predicted molar refractivity (Wildman–Crippen MR) is 112 cm³/mol. The zero-order chi connectivity index (χ0) is 21.1. The highest BCUT2D eigenvalue weighted by atomic mass is 35.5. The first-order chi connectivity index (χ1) is 12.9. The maximum absolute atomic E-state index is 12.5. The van der Waals surface area contributed by atoms with E-state index in [-0.39, 0.29) is 50.0 Å². The third-order valence-corrected chi connectivity index (χ3v) is 7.09. The molecule has 166 valence electrons. The van der Waals surface area contributed by atoms with Crippen molar-refractivity contribution in [1.82, 2.24) is 4.90 Å². The molecule has 1 aromatic rings. The predicted octanol–water partition coefficient (Wildman–Crippen LogP) is -0.737. The van der Waals surface area contributed by atoms with Crippen LogP contribution >= 0.6 is 23.2 Å². The fourth-order valence-corrected chi connectivity index (χ4v) is 4.78. The topological polar surface area (TPSA) is 90.0 Å². The van der Waals surface area contributed by atoms with Gasteiger partial charge >= 0.3 is 0 Å². The summed E-state index contributed by atoms with van der Waals surface area (Å²) >= 11 is 12.1. The van der Waals surface area contributed by atoms with Crippen LogP contribution in [0.4, 0.5) is 11.4 Å². The largest absolute Gasteiger partial charge is 1.00 e. The minimum Gasteiger partial charge on any atom is -1.00 e. The Bertz CT molecular complexity index is 807. The summed E-state index contributed by atoms with van der Waals surface area (Å²) in [5, 5.41) is 12.8. The van der Waals surface area contributed by atoms with E-state index in [1.807, 2.05) is 0 Å². The van der Waals surface area contributed by atoms with Crippen molar-refractivity contribution < 1.29 is 35.3 Å². The molecular formula is C17H27Cl3N4O4S. The number of benzene rings is 1. The van der Waals surface area contributed by atoms with E-state index >= 15 is 0 Å². The number of hydrogen-bond acceptors (Lipinski definition) is 5. The van der Waals surface area contributed by atoms with Crippen LogP contribution in [0.2, 0.25) is 10.0 Å². The van der Waals surface area contributed by atoms with Crippen LogP contribution in [0.5, 0.6) is 0 Å². The molecule has 0 unspecified atom stereocenters. The third kappa shape index (κ3) is 7.13. The zero-order valence-electron chi connectivity index (χ0n) is 16.7. The van der Waals surface area contributed by atoms with Crippen LogP contribution in [0.25, 0.3) is 0 Å². The molecule has 0 spiro atoms. The van der Waals surface area contributed by atoms with Crippen molar-refractivity contribution in [1.29, 1.82) is 0 Å². The minimum atomic E-state index is -3.96. The molecule has 1 aliphatic rings. The van der Waals surface area contributed by atoms with Gasteiger partial charge in [-0.25, -0.2) is 8.42 Å². The second-order valence-electron chi connectivity index (χ2n) is 7.47. The zero-order valence-corrected chi connectivity index (χ0v) is 19.7. The number of rotatable bonds is 7. The van der Waals surface area contributed by atoms with Gasteiger partial charge in [0, 0.05) is 26.4 Å². The first kappa shape index (κ1) is 26.2. The van der Waals surface area contributed by atoms with Gasteiger partial charge in [0.25, 0.3) is 10.0 Å². The number of nitrogens with one attached hydrogen (secondary N) is 1. The molecular weight excluding hydrogens is 463 g/mol. The molecule has 0 bridgehead atoms. The van der Waals surface area contributed by atoms with Gasteiger partial charge in [0.2, 0.25) is 5.91 Å². The number of nitrogens with zero attached hydrogens (tertiary/aromatic N) is 3. The summed E-state index contributed by atoms with van der Waals surface area (Å²) in [4.78, 5) is 13.5. The Morgan fingerprint density at radius 2 is 1.79 bits per heavy atom. The lowest BCUT2D eigenvalue weighted by Crippen LogP contribution is -3.00. The quantitative estimate of drug-likeness (QED) is 0.389. The smallest absolute Gasteiger partial charge is 0.257 e. The molecule has 8 nitrogen and oxygen atoms in total. The molecule has 1 aliphatic heterocycles. The van der Waals surface area contributed by atoms with Crippen LogP contribution in [-0.2, 0) is 14.8 Å². The highest BCUT2D eigenvalue weighted by Crippen LogP contribution is 2.35. The maximum Gasteiger partial charge on any atom is 0.257 e. The minimum absolute atomic E-state index is 0. The number of anilines is 2. The maximum atomic E-state index is 12.5. The molecule has 1 amide bonds. The van der Waals surface area contributed by atoms with Crippen molar-refractivity contribution in [3.05, 3.63) is 22.2 Å². The van der Waals surface area contributed by atoms with E-state index in [0.717, 1.165) is 30.7 Å². The molecule has 1 saturated heterocycles. The molecule has 12 heteroatoms. The molecule has 0 saturated carbocycles. The lowest BCUT2D eigenvalue weighted by molar-refractivity contribution is -0.913. The second-order valence-corrected chi connectivity index (χ2v) is 10.2. The van der Waals surface area contributed by atoms with Gasteiger partial charge in [-0.2, -0.15) is 0 Å². The molecule has 1 fully saturated rings. The van der Waals surface area contributed by atoms with Crippen LogP contribution in [0.3, 0.4) is 0 Å². The van der Waals surface area contributed by atoms with Crippen molar-refractivity contribution >= 4 is 50.5 Å². The summed E-state index contributed by atoms with van der Waals surface area (Å²) in [7, 11) is 0.239. The van der Waals surface area contributed by atoms with Gasteiger partial charge in [-0.15, -0.1) is 4.47 Å². The van der Waals surface area contributed by atoms with Crippen LogP contribution in [0, 0.1) is 0 Å². The molecule has 0 aliphatic carbocycles. The Kier molecular flexibility index (Phi) is 9.48. The normalized spacial score (nSPS) is 16.8. The average Bonchev–Trinajstić information content (AvgIpc) is 2.59. The summed E-state index contributed by atoms with van der Waals surface area (Å²) in [5.74, 6) is -0.568. The lowest BCUT2D eigenvalue weighted by Gasteiger charge is -2.41. The third-order valence-electron chi connectivity index (χ3n) is 4.96. The van der Waals surface area contributed by atoms with Crippen molar-refractivity contribution in [3.8, 4) is 0 Å². The van der Waals surface area contributed by atoms with Gasteiger partial charge in [-0.1, -0.05) is 23.2 Å². The summed E-state index contributed by atoms with van der Waals surface area (Å²) in [6.07, 6.45) is 0.422. The summed E-state index contributed by atoms with van der Waals surface area (Å²) in [5.41, 5.74) is 0.0852. The van der Waals surface area contributed by atoms with Gasteiger partial charge in [0.05, 0.1) is 53.9 Å². The molecule has 29 heavy (non-hydrogen) atoms. The standard InChI is InChI=1S/C17H26Cl2N4O4S.ClH/c1-13(24)20-17-15(18)11-14(12-16(17)19)22(25)28(26,27)10-4-7-23(3)8-5-21(2)6-9-23;/h11-12,25H,4-10H2,1-3H3;1H. The van der Waals surface area contributed by atoms with E-state index < -0.39 is 10.0 Å². The molecule has 2 N–H and O–H groups in total. The molecule has 1 heterocycles. The Morgan fingerprint density at radius 3 is 2.28 bits per heavy atom. The second kappa shape index (κ2) is 10.5. The van der Waals surface area contributed by atoms with Crippen LogP contribution in [-0.4, -0.2) is 81.5 Å². The fraction of sp³-hybridized carbons (Fsp3) is 0.588. The highest BCUT2D eigenvalue weighted by molar-refractivity contribution is 7.92. The SMILES string of the molecule is CC(=O)Nc1c(Cl)cc(N(O)S(=O)(=O)CCC[N+]2(C)CCN(C)CC2)cc1Cl.[Cl-]. The summed E-state index contributed by atoms with van der Waals surface area (Å²) in [6, 6.07) is 2.48. The van der Waals surface area contributed by atoms with Gasteiger partial charge in [0.15, 0.2) is 0 Å². The average molecular weight is 490 g/mol. The van der Waals surface area contributed by atoms with E-state index in [4.69, 9.17) is 23.2 Å². The number of amides is 1. The summed E-state index contributed by atoms with van der Waals surface area (Å²) < 4.78 is 26.1. The lowest BCUT2D eigenvalue weighted by atomic mass is 10.2. The highest BCUT2D eigenvalue weighted by Gasteiger charge is 2.29. The van der Waals surface area contributed by atoms with Crippen molar-refractivity contribution in [2.45, 2.75) is 13.3 Å². The van der Waals surface area contributed by atoms with Crippen molar-refractivity contribution in [2.24, 2.45) is 0 Å². The number of carbonyl (C=O) groups excluding carboxylic acids is 1. The first-order valence-electron chi connectivity index (χ1n) is 8.94. The molecule has 2 rings (SSSR count). The number of halogens is 3. The Morgan fingerprint density at radius 1 is 1.28 bits per heavy atom. The van der Waals surface area contributed by atoms with Gasteiger partial charge < -0.3 is 22.2 Å². The van der Waals surface area contributed by atoms with E-state index in [0.29, 0.717) is 13.0 Å². The number of piperazine rings is 1. The molecule has 1 aromatic carbocycles. The molecule has 0 radical (unpaired) electrons. The van der Waals surface area contributed by atoms with Crippen LogP contribution < -0.4 is 22.2 Å². The van der Waals surface area contributed by atoms with Gasteiger partial charge in [0.1, 0.15) is 0 Å².